The number of fused-ring (bicyclic) bond motifs is 1. The molecule has 0 spiro atoms. The molecule has 2 aromatic rings. The SMILES string of the molecule is CS(=O)(=O)c1nc2ccccc2n1CC1CC1. The van der Waals surface area contributed by atoms with Gasteiger partial charge in [0.15, 0.2) is 0 Å². The van der Waals surface area contributed by atoms with Gasteiger partial charge in [0, 0.05) is 12.8 Å². The molecule has 1 fully saturated rings. The molecule has 4 nitrogen and oxygen atoms in total. The molecule has 5 heteroatoms. The van der Waals surface area contributed by atoms with Gasteiger partial charge in [-0.1, -0.05) is 12.1 Å². The maximum absolute atomic E-state index is 11.7. The first-order valence-electron chi connectivity index (χ1n) is 5.71. The van der Waals surface area contributed by atoms with Crippen LogP contribution in [0.15, 0.2) is 29.4 Å². The molecule has 1 aromatic heterocycles. The minimum Gasteiger partial charge on any atom is -0.315 e. The Labute approximate surface area is 100 Å². The third-order valence-corrected chi connectivity index (χ3v) is 4.06. The Morgan fingerprint density at radius 2 is 2.06 bits per heavy atom. The van der Waals surface area contributed by atoms with Gasteiger partial charge in [0.2, 0.25) is 15.0 Å². The van der Waals surface area contributed by atoms with E-state index in [2.05, 4.69) is 4.98 Å². The molecule has 0 saturated heterocycles. The predicted molar refractivity (Wildman–Crippen MR) is 65.6 cm³/mol. The third kappa shape index (κ3) is 1.95. The average molecular weight is 250 g/mol. The van der Waals surface area contributed by atoms with Crippen LogP contribution >= 0.6 is 0 Å². The molecule has 0 radical (unpaired) electrons. The molecule has 90 valence electrons. The Morgan fingerprint density at radius 3 is 2.71 bits per heavy atom. The highest BCUT2D eigenvalue weighted by Crippen LogP contribution is 2.33. The van der Waals surface area contributed by atoms with E-state index in [0.717, 1.165) is 17.6 Å². The minimum atomic E-state index is -3.26. The van der Waals surface area contributed by atoms with Crippen LogP contribution in [0.5, 0.6) is 0 Å². The maximum atomic E-state index is 11.7. The second-order valence-corrected chi connectivity index (χ2v) is 6.62. The topological polar surface area (TPSA) is 52.0 Å². The van der Waals surface area contributed by atoms with Crippen LogP contribution in [-0.2, 0) is 16.4 Å². The summed E-state index contributed by atoms with van der Waals surface area (Å²) in [6.07, 6.45) is 3.60. The van der Waals surface area contributed by atoms with Crippen LogP contribution in [0.2, 0.25) is 0 Å². The number of imidazole rings is 1. The molecule has 1 aliphatic carbocycles. The Bertz CT molecular complexity index is 669. The quantitative estimate of drug-likeness (QED) is 0.835. The van der Waals surface area contributed by atoms with E-state index in [-0.39, 0.29) is 5.16 Å². The fourth-order valence-electron chi connectivity index (χ4n) is 2.07. The largest absolute Gasteiger partial charge is 0.315 e. The van der Waals surface area contributed by atoms with Gasteiger partial charge in [-0.3, -0.25) is 0 Å². The minimum absolute atomic E-state index is 0.200. The summed E-state index contributed by atoms with van der Waals surface area (Å²) in [5.74, 6) is 0.619. The summed E-state index contributed by atoms with van der Waals surface area (Å²) >= 11 is 0. The van der Waals surface area contributed by atoms with Crippen LogP contribution in [0, 0.1) is 5.92 Å². The van der Waals surface area contributed by atoms with Gasteiger partial charge < -0.3 is 4.57 Å². The molecular formula is C12H14N2O2S. The molecule has 1 aromatic carbocycles. The van der Waals surface area contributed by atoms with Crippen molar-refractivity contribution in [1.82, 2.24) is 9.55 Å². The second-order valence-electron chi connectivity index (χ2n) is 4.71. The first-order valence-corrected chi connectivity index (χ1v) is 7.60. The summed E-state index contributed by atoms with van der Waals surface area (Å²) < 4.78 is 25.3. The molecular weight excluding hydrogens is 236 g/mol. The van der Waals surface area contributed by atoms with Crippen molar-refractivity contribution < 1.29 is 8.42 Å². The third-order valence-electron chi connectivity index (χ3n) is 3.09. The summed E-state index contributed by atoms with van der Waals surface area (Å²) in [7, 11) is -3.26. The molecule has 0 aliphatic heterocycles. The van der Waals surface area contributed by atoms with Gasteiger partial charge in [-0.15, -0.1) is 0 Å². The van der Waals surface area contributed by atoms with Crippen LogP contribution in [0.1, 0.15) is 12.8 Å². The van der Waals surface area contributed by atoms with Crippen molar-refractivity contribution >= 4 is 20.9 Å². The molecule has 0 unspecified atom stereocenters. The van der Waals surface area contributed by atoms with E-state index in [1.807, 2.05) is 28.8 Å². The average Bonchev–Trinajstić information content (AvgIpc) is 2.98. The first kappa shape index (κ1) is 10.8. The lowest BCUT2D eigenvalue weighted by molar-refractivity contribution is 0.553. The molecule has 3 rings (SSSR count). The lowest BCUT2D eigenvalue weighted by Crippen LogP contribution is -2.10. The Hall–Kier alpha value is -1.36. The lowest BCUT2D eigenvalue weighted by Gasteiger charge is -2.06. The van der Waals surface area contributed by atoms with Gasteiger partial charge in [0.05, 0.1) is 11.0 Å². The van der Waals surface area contributed by atoms with Crippen LogP contribution in [0.4, 0.5) is 0 Å². The van der Waals surface area contributed by atoms with Crippen LogP contribution in [0.3, 0.4) is 0 Å². The zero-order chi connectivity index (χ0) is 12.0. The summed E-state index contributed by atoms with van der Waals surface area (Å²) in [6.45, 7) is 0.767. The predicted octanol–water partition coefficient (Wildman–Crippen LogP) is 1.85. The highest BCUT2D eigenvalue weighted by atomic mass is 32.2. The molecule has 1 heterocycles. The van der Waals surface area contributed by atoms with E-state index in [4.69, 9.17) is 0 Å². The van der Waals surface area contributed by atoms with E-state index in [1.54, 1.807) is 0 Å². The number of benzene rings is 1. The van der Waals surface area contributed by atoms with Crippen LogP contribution in [-0.4, -0.2) is 24.2 Å². The van der Waals surface area contributed by atoms with Crippen molar-refractivity contribution in [1.29, 1.82) is 0 Å². The van der Waals surface area contributed by atoms with Gasteiger partial charge in [-0.2, -0.15) is 0 Å². The maximum Gasteiger partial charge on any atom is 0.228 e. The number of para-hydroxylation sites is 2. The Morgan fingerprint density at radius 1 is 1.35 bits per heavy atom. The van der Waals surface area contributed by atoms with E-state index >= 15 is 0 Å². The van der Waals surface area contributed by atoms with Crippen molar-refractivity contribution in [3.05, 3.63) is 24.3 Å². The first-order chi connectivity index (χ1) is 8.05. The lowest BCUT2D eigenvalue weighted by atomic mass is 10.3. The normalized spacial score (nSPS) is 16.5. The van der Waals surface area contributed by atoms with Gasteiger partial charge >= 0.3 is 0 Å². The number of aromatic nitrogens is 2. The zero-order valence-corrected chi connectivity index (χ0v) is 10.4. The second kappa shape index (κ2) is 3.57. The molecule has 0 N–H and O–H groups in total. The monoisotopic (exact) mass is 250 g/mol. The fraction of sp³-hybridized carbons (Fsp3) is 0.417. The van der Waals surface area contributed by atoms with Crippen LogP contribution in [0.25, 0.3) is 11.0 Å². The van der Waals surface area contributed by atoms with Gasteiger partial charge in [0.25, 0.3) is 0 Å². The Kier molecular flexibility index (Phi) is 2.26. The summed E-state index contributed by atoms with van der Waals surface area (Å²) in [4.78, 5) is 4.24. The summed E-state index contributed by atoms with van der Waals surface area (Å²) in [6, 6.07) is 7.58. The summed E-state index contributed by atoms with van der Waals surface area (Å²) in [5.41, 5.74) is 1.67. The number of nitrogens with zero attached hydrogens (tertiary/aromatic N) is 2. The van der Waals surface area contributed by atoms with E-state index in [9.17, 15) is 8.42 Å². The standard InChI is InChI=1S/C12H14N2O2S/c1-17(15,16)12-13-10-4-2-3-5-11(10)14(12)8-9-6-7-9/h2-5,9H,6-8H2,1H3. The number of rotatable bonds is 3. The van der Waals surface area contributed by atoms with Crippen molar-refractivity contribution in [3.8, 4) is 0 Å². The molecule has 1 aliphatic rings. The van der Waals surface area contributed by atoms with Gasteiger partial charge in [-0.05, 0) is 30.9 Å². The van der Waals surface area contributed by atoms with Crippen molar-refractivity contribution in [2.45, 2.75) is 24.5 Å². The zero-order valence-electron chi connectivity index (χ0n) is 9.63. The molecule has 0 atom stereocenters. The van der Waals surface area contributed by atoms with E-state index in [1.165, 1.54) is 19.1 Å². The summed E-state index contributed by atoms with van der Waals surface area (Å²) in [5, 5.41) is 0.200. The van der Waals surface area contributed by atoms with Gasteiger partial charge in [-0.25, -0.2) is 13.4 Å². The molecule has 1 saturated carbocycles. The highest BCUT2D eigenvalue weighted by Gasteiger charge is 2.26. The number of sulfone groups is 1. The van der Waals surface area contributed by atoms with Crippen molar-refractivity contribution in [2.24, 2.45) is 5.92 Å². The molecule has 17 heavy (non-hydrogen) atoms. The smallest absolute Gasteiger partial charge is 0.228 e. The highest BCUT2D eigenvalue weighted by molar-refractivity contribution is 7.90. The van der Waals surface area contributed by atoms with Gasteiger partial charge in [0.1, 0.15) is 0 Å². The number of hydrogen-bond acceptors (Lipinski definition) is 3. The Balaban J connectivity index is 2.25. The van der Waals surface area contributed by atoms with Crippen molar-refractivity contribution in [2.75, 3.05) is 6.26 Å². The van der Waals surface area contributed by atoms with E-state index in [0.29, 0.717) is 5.92 Å². The van der Waals surface area contributed by atoms with E-state index < -0.39 is 9.84 Å². The number of hydrogen-bond donors (Lipinski definition) is 0. The van der Waals surface area contributed by atoms with Crippen molar-refractivity contribution in [3.63, 3.8) is 0 Å². The molecule has 0 bridgehead atoms. The molecule has 0 amide bonds. The fourth-order valence-corrected chi connectivity index (χ4v) is 2.91. The van der Waals surface area contributed by atoms with Crippen LogP contribution < -0.4 is 0 Å².